The van der Waals surface area contributed by atoms with E-state index in [1.165, 1.54) is 24.3 Å². The van der Waals surface area contributed by atoms with Gasteiger partial charge in [-0.1, -0.05) is 0 Å². The molecule has 2 atom stereocenters. The molecule has 0 saturated carbocycles. The Morgan fingerprint density at radius 2 is 1.92 bits per heavy atom. The van der Waals surface area contributed by atoms with Crippen molar-refractivity contribution in [2.75, 3.05) is 13.1 Å². The maximum atomic E-state index is 12.9. The Kier molecular flexibility index (Phi) is 4.73. The standard InChI is InChI=1S/C14H16FN3O6S/c15-9-1-3-10(4-2-9)24-11-5-6-17(8-11)25(22,23)16-12-7-13(19)18(21)14(12)20/h1-4,11-12,16,21H,5-8H2/t11?,12-/m1/s1. The first-order valence-corrected chi connectivity index (χ1v) is 8.95. The lowest BCUT2D eigenvalue weighted by molar-refractivity contribution is -0.171. The minimum Gasteiger partial charge on any atom is -0.489 e. The van der Waals surface area contributed by atoms with Crippen LogP contribution < -0.4 is 9.46 Å². The summed E-state index contributed by atoms with van der Waals surface area (Å²) < 4.78 is 46.4. The van der Waals surface area contributed by atoms with Gasteiger partial charge in [0, 0.05) is 6.54 Å². The van der Waals surface area contributed by atoms with Crippen molar-refractivity contribution in [3.05, 3.63) is 30.1 Å². The molecule has 0 bridgehead atoms. The number of ether oxygens (including phenoxy) is 1. The predicted molar refractivity (Wildman–Crippen MR) is 81.1 cm³/mol. The van der Waals surface area contributed by atoms with Crippen molar-refractivity contribution in [2.45, 2.75) is 25.0 Å². The van der Waals surface area contributed by atoms with Gasteiger partial charge >= 0.3 is 0 Å². The molecule has 25 heavy (non-hydrogen) atoms. The van der Waals surface area contributed by atoms with Gasteiger partial charge in [-0.3, -0.25) is 14.8 Å². The van der Waals surface area contributed by atoms with E-state index in [2.05, 4.69) is 4.72 Å². The molecule has 3 rings (SSSR count). The molecule has 1 unspecified atom stereocenters. The van der Waals surface area contributed by atoms with Crippen LogP contribution in [0.25, 0.3) is 0 Å². The summed E-state index contributed by atoms with van der Waals surface area (Å²) in [4.78, 5) is 22.8. The lowest BCUT2D eigenvalue weighted by atomic mass is 10.3. The second-order valence-electron chi connectivity index (χ2n) is 5.76. The smallest absolute Gasteiger partial charge is 0.280 e. The van der Waals surface area contributed by atoms with Gasteiger partial charge < -0.3 is 4.74 Å². The van der Waals surface area contributed by atoms with Gasteiger partial charge in [0.1, 0.15) is 23.7 Å². The summed E-state index contributed by atoms with van der Waals surface area (Å²) in [5.74, 6) is -1.85. The highest BCUT2D eigenvalue weighted by atomic mass is 32.2. The molecule has 2 N–H and O–H groups in total. The van der Waals surface area contributed by atoms with Gasteiger partial charge in [0.2, 0.25) is 0 Å². The van der Waals surface area contributed by atoms with Crippen molar-refractivity contribution in [1.29, 1.82) is 0 Å². The Morgan fingerprint density at radius 1 is 1.24 bits per heavy atom. The molecule has 1 aromatic rings. The highest BCUT2D eigenvalue weighted by Crippen LogP contribution is 2.21. The highest BCUT2D eigenvalue weighted by Gasteiger charge is 2.42. The largest absolute Gasteiger partial charge is 0.489 e. The molecule has 0 spiro atoms. The van der Waals surface area contributed by atoms with Crippen molar-refractivity contribution in [2.24, 2.45) is 0 Å². The number of nitrogens with one attached hydrogen (secondary N) is 1. The van der Waals surface area contributed by atoms with Gasteiger partial charge in [0.25, 0.3) is 22.0 Å². The molecule has 11 heteroatoms. The summed E-state index contributed by atoms with van der Waals surface area (Å²) in [7, 11) is -4.02. The summed E-state index contributed by atoms with van der Waals surface area (Å²) >= 11 is 0. The number of carbonyl (C=O) groups is 2. The fraction of sp³-hybridized carbons (Fsp3) is 0.429. The summed E-state index contributed by atoms with van der Waals surface area (Å²) in [6.07, 6.45) is -0.433. The molecule has 1 aromatic carbocycles. The molecule has 0 aromatic heterocycles. The molecule has 0 radical (unpaired) electrons. The minimum absolute atomic E-state index is 0.0460. The zero-order valence-corrected chi connectivity index (χ0v) is 13.8. The number of imide groups is 1. The number of hydrogen-bond donors (Lipinski definition) is 2. The van der Waals surface area contributed by atoms with E-state index in [4.69, 9.17) is 9.94 Å². The molecule has 2 aliphatic heterocycles. The number of hydrogen-bond acceptors (Lipinski definition) is 6. The normalized spacial score (nSPS) is 25.0. The molecular weight excluding hydrogens is 357 g/mol. The minimum atomic E-state index is -4.02. The SMILES string of the molecule is O=C1C[C@@H](NS(=O)(=O)N2CCC(Oc3ccc(F)cc3)C2)C(=O)N1O. The van der Waals surface area contributed by atoms with E-state index in [1.807, 2.05) is 0 Å². The van der Waals surface area contributed by atoms with Crippen LogP contribution in [0.5, 0.6) is 5.75 Å². The van der Waals surface area contributed by atoms with Crippen LogP contribution in [0.1, 0.15) is 12.8 Å². The Labute approximate surface area is 143 Å². The summed E-state index contributed by atoms with van der Waals surface area (Å²) in [6.45, 7) is 0.212. The summed E-state index contributed by atoms with van der Waals surface area (Å²) in [6, 6.07) is 4.06. The number of rotatable bonds is 5. The van der Waals surface area contributed by atoms with E-state index in [0.29, 0.717) is 12.2 Å². The Hall–Kier alpha value is -2.08. The van der Waals surface area contributed by atoms with Gasteiger partial charge in [-0.2, -0.15) is 22.5 Å². The Bertz CT molecular complexity index is 784. The second-order valence-corrected chi connectivity index (χ2v) is 7.47. The Balaban J connectivity index is 1.60. The van der Waals surface area contributed by atoms with Crippen LogP contribution in [-0.2, 0) is 19.8 Å². The van der Waals surface area contributed by atoms with Gasteiger partial charge in [0.15, 0.2) is 0 Å². The van der Waals surface area contributed by atoms with Crippen molar-refractivity contribution >= 4 is 22.0 Å². The number of carbonyl (C=O) groups excluding carboxylic acids is 2. The van der Waals surface area contributed by atoms with Crippen LogP contribution in [0.2, 0.25) is 0 Å². The third-order valence-electron chi connectivity index (χ3n) is 3.98. The quantitative estimate of drug-likeness (QED) is 0.537. The van der Waals surface area contributed by atoms with Crippen LogP contribution in [-0.4, -0.2) is 60.0 Å². The number of amides is 2. The van der Waals surface area contributed by atoms with Gasteiger partial charge in [0.05, 0.1) is 13.0 Å². The van der Waals surface area contributed by atoms with E-state index in [1.54, 1.807) is 0 Å². The van der Waals surface area contributed by atoms with Gasteiger partial charge in [-0.15, -0.1) is 0 Å². The summed E-state index contributed by atoms with van der Waals surface area (Å²) in [5, 5.41) is 9.08. The van der Waals surface area contributed by atoms with Gasteiger partial charge in [-0.05, 0) is 30.7 Å². The molecule has 2 amide bonds. The first kappa shape index (κ1) is 17.7. The van der Waals surface area contributed by atoms with Gasteiger partial charge in [-0.25, -0.2) is 4.39 Å². The first-order valence-electron chi connectivity index (χ1n) is 7.51. The van der Waals surface area contributed by atoms with Crippen LogP contribution in [0.4, 0.5) is 4.39 Å². The number of benzene rings is 1. The van der Waals surface area contributed by atoms with Crippen LogP contribution in [0.3, 0.4) is 0 Å². The lowest BCUT2D eigenvalue weighted by Crippen LogP contribution is -2.47. The number of hydroxylamine groups is 2. The van der Waals surface area contributed by atoms with E-state index < -0.39 is 46.4 Å². The van der Waals surface area contributed by atoms with Crippen molar-refractivity contribution < 1.29 is 32.3 Å². The zero-order chi connectivity index (χ0) is 18.2. The second kappa shape index (κ2) is 6.67. The number of nitrogens with zero attached hydrogens (tertiary/aromatic N) is 2. The third-order valence-corrected chi connectivity index (χ3v) is 5.57. The monoisotopic (exact) mass is 373 g/mol. The lowest BCUT2D eigenvalue weighted by Gasteiger charge is -2.19. The molecule has 136 valence electrons. The average molecular weight is 373 g/mol. The fourth-order valence-corrected chi connectivity index (χ4v) is 4.08. The van der Waals surface area contributed by atoms with E-state index >= 15 is 0 Å². The average Bonchev–Trinajstić information content (AvgIpc) is 3.12. The Morgan fingerprint density at radius 3 is 2.52 bits per heavy atom. The predicted octanol–water partition coefficient (Wildman–Crippen LogP) is -0.370. The highest BCUT2D eigenvalue weighted by molar-refractivity contribution is 7.87. The molecule has 2 aliphatic rings. The van der Waals surface area contributed by atoms with Crippen molar-refractivity contribution in [1.82, 2.24) is 14.1 Å². The van der Waals surface area contributed by atoms with Crippen LogP contribution in [0.15, 0.2) is 24.3 Å². The molecule has 0 aliphatic carbocycles. The molecule has 2 saturated heterocycles. The zero-order valence-electron chi connectivity index (χ0n) is 13.0. The molecule has 2 heterocycles. The topological polar surface area (TPSA) is 116 Å². The van der Waals surface area contributed by atoms with Crippen molar-refractivity contribution in [3.8, 4) is 5.75 Å². The molecule has 2 fully saturated rings. The maximum Gasteiger partial charge on any atom is 0.280 e. The van der Waals surface area contributed by atoms with Crippen LogP contribution in [0, 0.1) is 5.82 Å². The number of halogens is 1. The van der Waals surface area contributed by atoms with Crippen LogP contribution >= 0.6 is 0 Å². The third kappa shape index (κ3) is 3.79. The first-order chi connectivity index (χ1) is 11.8. The van der Waals surface area contributed by atoms with E-state index in [9.17, 15) is 22.4 Å². The molecular formula is C14H16FN3O6S. The van der Waals surface area contributed by atoms with Crippen molar-refractivity contribution in [3.63, 3.8) is 0 Å². The fourth-order valence-electron chi connectivity index (χ4n) is 2.68. The van der Waals surface area contributed by atoms with E-state index in [-0.39, 0.29) is 18.2 Å². The van der Waals surface area contributed by atoms with E-state index in [0.717, 1.165) is 4.31 Å². The molecule has 9 nitrogen and oxygen atoms in total. The maximum absolute atomic E-state index is 12.9. The summed E-state index contributed by atoms with van der Waals surface area (Å²) in [5.41, 5.74) is 0.